The summed E-state index contributed by atoms with van der Waals surface area (Å²) in [5, 5.41) is 9.22. The van der Waals surface area contributed by atoms with Gasteiger partial charge in [-0.15, -0.1) is 0 Å². The predicted octanol–water partition coefficient (Wildman–Crippen LogP) is 0.626. The Hall–Kier alpha value is -0.570. The number of nitrogens with zero attached hydrogens (tertiary/aromatic N) is 1. The molecule has 3 nitrogen and oxygen atoms in total. The first-order chi connectivity index (χ1) is 5.61. The molecule has 0 heterocycles. The molecule has 0 saturated heterocycles. The van der Waals surface area contributed by atoms with Crippen LogP contribution < -0.4 is 0 Å². The first-order valence-corrected chi connectivity index (χ1v) is 4.50. The standard InChI is InChI=1S/C9H17NO2/c1-10(2)9(12)7-3-5-8(11)6-4-7/h7-8,11H,3-6H2,1-2H3. The van der Waals surface area contributed by atoms with Gasteiger partial charge in [0.2, 0.25) is 5.91 Å². The van der Waals surface area contributed by atoms with Gasteiger partial charge in [-0.1, -0.05) is 0 Å². The second kappa shape index (κ2) is 3.90. The molecule has 0 atom stereocenters. The minimum Gasteiger partial charge on any atom is -0.393 e. The lowest BCUT2D eigenvalue weighted by Gasteiger charge is -2.26. The van der Waals surface area contributed by atoms with Crippen molar-refractivity contribution >= 4 is 5.91 Å². The van der Waals surface area contributed by atoms with Crippen molar-refractivity contribution in [1.82, 2.24) is 4.90 Å². The average molecular weight is 171 g/mol. The molecule has 3 heteroatoms. The number of carbonyl (C=O) groups excluding carboxylic acids is 1. The fourth-order valence-corrected chi connectivity index (χ4v) is 1.69. The first-order valence-electron chi connectivity index (χ1n) is 4.50. The van der Waals surface area contributed by atoms with E-state index in [9.17, 15) is 9.90 Å². The lowest BCUT2D eigenvalue weighted by Crippen LogP contribution is -2.33. The van der Waals surface area contributed by atoms with Crippen molar-refractivity contribution in [3.05, 3.63) is 0 Å². The number of aliphatic hydroxyl groups is 1. The van der Waals surface area contributed by atoms with Crippen LogP contribution in [0.3, 0.4) is 0 Å². The minimum absolute atomic E-state index is 0.156. The number of rotatable bonds is 1. The van der Waals surface area contributed by atoms with E-state index in [4.69, 9.17) is 0 Å². The molecule has 0 spiro atoms. The number of amides is 1. The van der Waals surface area contributed by atoms with Gasteiger partial charge in [-0.25, -0.2) is 0 Å². The van der Waals surface area contributed by atoms with Crippen molar-refractivity contribution in [1.29, 1.82) is 0 Å². The maximum Gasteiger partial charge on any atom is 0.225 e. The second-order valence-electron chi connectivity index (χ2n) is 3.74. The third-order valence-corrected chi connectivity index (χ3v) is 2.49. The van der Waals surface area contributed by atoms with Gasteiger partial charge in [0.15, 0.2) is 0 Å². The van der Waals surface area contributed by atoms with Crippen LogP contribution in [0, 0.1) is 5.92 Å². The van der Waals surface area contributed by atoms with Crippen LogP contribution in [0.25, 0.3) is 0 Å². The van der Waals surface area contributed by atoms with Crippen LogP contribution in [-0.4, -0.2) is 36.1 Å². The summed E-state index contributed by atoms with van der Waals surface area (Å²) in [5.74, 6) is 0.366. The Kier molecular flexibility index (Phi) is 3.09. The zero-order valence-electron chi connectivity index (χ0n) is 7.79. The highest BCUT2D eigenvalue weighted by atomic mass is 16.3. The molecular formula is C9H17NO2. The van der Waals surface area contributed by atoms with Gasteiger partial charge in [-0.3, -0.25) is 4.79 Å². The lowest BCUT2D eigenvalue weighted by molar-refractivity contribution is -0.134. The van der Waals surface area contributed by atoms with E-state index in [1.807, 2.05) is 0 Å². The van der Waals surface area contributed by atoms with Gasteiger partial charge in [0.25, 0.3) is 0 Å². The number of hydrogen-bond acceptors (Lipinski definition) is 2. The highest BCUT2D eigenvalue weighted by molar-refractivity contribution is 5.78. The van der Waals surface area contributed by atoms with Crippen molar-refractivity contribution in [2.45, 2.75) is 31.8 Å². The van der Waals surface area contributed by atoms with Crippen molar-refractivity contribution < 1.29 is 9.90 Å². The molecule has 0 aliphatic heterocycles. The molecule has 0 radical (unpaired) electrons. The van der Waals surface area contributed by atoms with E-state index >= 15 is 0 Å². The third-order valence-electron chi connectivity index (χ3n) is 2.49. The molecule has 0 unspecified atom stereocenters. The van der Waals surface area contributed by atoms with Crippen LogP contribution >= 0.6 is 0 Å². The van der Waals surface area contributed by atoms with E-state index < -0.39 is 0 Å². The summed E-state index contributed by atoms with van der Waals surface area (Å²) in [4.78, 5) is 13.1. The topological polar surface area (TPSA) is 40.5 Å². The Morgan fingerprint density at radius 3 is 2.17 bits per heavy atom. The van der Waals surface area contributed by atoms with Gasteiger partial charge in [0.1, 0.15) is 0 Å². The average Bonchev–Trinajstić information content (AvgIpc) is 2.04. The van der Waals surface area contributed by atoms with Crippen LogP contribution in [-0.2, 0) is 4.79 Å². The van der Waals surface area contributed by atoms with E-state index in [-0.39, 0.29) is 17.9 Å². The lowest BCUT2D eigenvalue weighted by atomic mass is 9.87. The summed E-state index contributed by atoms with van der Waals surface area (Å²) in [6.45, 7) is 0. The van der Waals surface area contributed by atoms with Crippen LogP contribution in [0.1, 0.15) is 25.7 Å². The molecule has 1 fully saturated rings. The highest BCUT2D eigenvalue weighted by Crippen LogP contribution is 2.25. The molecule has 1 aliphatic carbocycles. The van der Waals surface area contributed by atoms with Crippen LogP contribution in [0.4, 0.5) is 0 Å². The Morgan fingerprint density at radius 1 is 1.25 bits per heavy atom. The smallest absolute Gasteiger partial charge is 0.225 e. The largest absolute Gasteiger partial charge is 0.393 e. The van der Waals surface area contributed by atoms with Crippen LogP contribution in [0.5, 0.6) is 0 Å². The van der Waals surface area contributed by atoms with Crippen molar-refractivity contribution in [3.63, 3.8) is 0 Å². The second-order valence-corrected chi connectivity index (χ2v) is 3.74. The van der Waals surface area contributed by atoms with E-state index in [1.54, 1.807) is 19.0 Å². The molecule has 70 valence electrons. The Balaban J connectivity index is 2.39. The highest BCUT2D eigenvalue weighted by Gasteiger charge is 2.25. The Bertz CT molecular complexity index is 160. The van der Waals surface area contributed by atoms with Crippen LogP contribution in [0.2, 0.25) is 0 Å². The molecule has 1 rings (SSSR count). The van der Waals surface area contributed by atoms with Crippen LogP contribution in [0.15, 0.2) is 0 Å². The summed E-state index contributed by atoms with van der Waals surface area (Å²) in [5.41, 5.74) is 0. The third kappa shape index (κ3) is 2.21. The van der Waals surface area contributed by atoms with Gasteiger partial charge >= 0.3 is 0 Å². The van der Waals surface area contributed by atoms with Gasteiger partial charge in [0.05, 0.1) is 6.10 Å². The molecule has 0 aromatic carbocycles. The quantitative estimate of drug-likeness (QED) is 0.628. The van der Waals surface area contributed by atoms with Crippen molar-refractivity contribution in [3.8, 4) is 0 Å². The molecule has 1 saturated carbocycles. The fourth-order valence-electron chi connectivity index (χ4n) is 1.69. The summed E-state index contributed by atoms with van der Waals surface area (Å²) in [6, 6.07) is 0. The fraction of sp³-hybridized carbons (Fsp3) is 0.889. The molecule has 12 heavy (non-hydrogen) atoms. The maximum absolute atomic E-state index is 11.4. The van der Waals surface area contributed by atoms with E-state index in [0.717, 1.165) is 25.7 Å². The number of hydrogen-bond donors (Lipinski definition) is 1. The molecule has 0 bridgehead atoms. The Morgan fingerprint density at radius 2 is 1.75 bits per heavy atom. The number of aliphatic hydroxyl groups excluding tert-OH is 1. The summed E-state index contributed by atoms with van der Waals surface area (Å²) in [6.07, 6.45) is 3.08. The molecule has 0 aromatic heterocycles. The van der Waals surface area contributed by atoms with Gasteiger partial charge in [-0.2, -0.15) is 0 Å². The van der Waals surface area contributed by atoms with E-state index in [0.29, 0.717) is 0 Å². The summed E-state index contributed by atoms with van der Waals surface area (Å²) >= 11 is 0. The first kappa shape index (κ1) is 9.52. The normalized spacial score (nSPS) is 29.9. The maximum atomic E-state index is 11.4. The number of carbonyl (C=O) groups is 1. The van der Waals surface area contributed by atoms with Gasteiger partial charge in [0, 0.05) is 20.0 Å². The monoisotopic (exact) mass is 171 g/mol. The summed E-state index contributed by atoms with van der Waals surface area (Å²) < 4.78 is 0. The SMILES string of the molecule is CN(C)C(=O)C1CCC(O)CC1. The predicted molar refractivity (Wildman–Crippen MR) is 46.7 cm³/mol. The Labute approximate surface area is 73.4 Å². The van der Waals surface area contributed by atoms with Crippen molar-refractivity contribution in [2.24, 2.45) is 5.92 Å². The zero-order valence-corrected chi connectivity index (χ0v) is 7.79. The molecule has 1 amide bonds. The molecule has 1 aliphatic rings. The zero-order chi connectivity index (χ0) is 9.14. The van der Waals surface area contributed by atoms with E-state index in [2.05, 4.69) is 0 Å². The molecule has 0 aromatic rings. The molecular weight excluding hydrogens is 154 g/mol. The van der Waals surface area contributed by atoms with E-state index in [1.165, 1.54) is 0 Å². The molecule has 1 N–H and O–H groups in total. The minimum atomic E-state index is -0.170. The van der Waals surface area contributed by atoms with Crippen molar-refractivity contribution in [2.75, 3.05) is 14.1 Å². The van der Waals surface area contributed by atoms with Gasteiger partial charge in [-0.05, 0) is 25.7 Å². The van der Waals surface area contributed by atoms with Gasteiger partial charge < -0.3 is 10.0 Å². The summed E-state index contributed by atoms with van der Waals surface area (Å²) in [7, 11) is 3.57.